The van der Waals surface area contributed by atoms with Crippen LogP contribution in [0.25, 0.3) is 5.73 Å². The first-order valence-electron chi connectivity index (χ1n) is 10.4. The Hall–Kier alpha value is -4.43. The van der Waals surface area contributed by atoms with Crippen LogP contribution in [0.4, 0.5) is 8.78 Å². The number of alkyl halides is 1. The van der Waals surface area contributed by atoms with Crippen molar-refractivity contribution in [3.05, 3.63) is 96.3 Å². The van der Waals surface area contributed by atoms with Crippen molar-refractivity contribution >= 4 is 18.3 Å². The zero-order valence-electron chi connectivity index (χ0n) is 21.2. The molecule has 0 bridgehead atoms. The van der Waals surface area contributed by atoms with Crippen molar-refractivity contribution in [1.82, 2.24) is 4.90 Å². The molecule has 1 aromatic carbocycles. The van der Waals surface area contributed by atoms with Gasteiger partial charge in [-0.1, -0.05) is 12.1 Å². The largest absolute Gasteiger partial charge is 0.680 e. The number of allylic oxidation sites excluding steroid dienone is 3. The normalized spacial score (nSPS) is 15.4. The van der Waals surface area contributed by atoms with E-state index in [2.05, 4.69) is 22.6 Å². The molecule has 0 saturated heterocycles. The second-order valence-corrected chi connectivity index (χ2v) is 7.84. The third-order valence-corrected chi connectivity index (χ3v) is 4.60. The SMILES string of the molecule is C=C1CN2C=C(/C(C=NC(C)(C)CO)=C/N)C=C(C=O)C2=N1.CC(F)c1ccc[c-]c1F.C[NH-].[CH3-].[Cm]. The van der Waals surface area contributed by atoms with E-state index in [1.165, 1.54) is 32.3 Å². The Morgan fingerprint density at radius 1 is 1.47 bits per heavy atom. The summed E-state index contributed by atoms with van der Waals surface area (Å²) >= 11 is 0. The number of halogens is 2. The van der Waals surface area contributed by atoms with Crippen molar-refractivity contribution in [2.75, 3.05) is 20.2 Å². The molecule has 2 aliphatic heterocycles. The van der Waals surface area contributed by atoms with Crippen LogP contribution in [-0.2, 0) is 4.79 Å². The Balaban J connectivity index is 0. The van der Waals surface area contributed by atoms with Gasteiger partial charge in [0, 0.05) is 35.6 Å². The van der Waals surface area contributed by atoms with Gasteiger partial charge in [-0.15, -0.1) is 6.07 Å². The molecule has 0 spiro atoms. The molecular formula is C26H34CmF2N5O2-3. The number of nitrogens with one attached hydrogen (secondary N) is 1. The van der Waals surface area contributed by atoms with Crippen molar-refractivity contribution in [2.45, 2.75) is 32.5 Å². The molecule has 0 aliphatic carbocycles. The molecule has 0 fully saturated rings. The van der Waals surface area contributed by atoms with Gasteiger partial charge in [0.2, 0.25) is 0 Å². The summed E-state index contributed by atoms with van der Waals surface area (Å²) in [7, 11) is 1.25. The number of aliphatic hydroxyl groups excluding tert-OH is 1. The molecule has 2 aliphatic rings. The fourth-order valence-electron chi connectivity index (χ4n) is 2.78. The molecule has 2 heterocycles. The smallest absolute Gasteiger partial charge is 0.153 e. The zero-order valence-corrected chi connectivity index (χ0v) is 24.1. The molecule has 0 radical (unpaired) electrons. The van der Waals surface area contributed by atoms with Crippen molar-refractivity contribution in [3.63, 3.8) is 0 Å². The molecule has 0 saturated carbocycles. The Kier molecular flexibility index (Phi) is 14.5. The minimum absolute atomic E-state index is 0. The predicted octanol–water partition coefficient (Wildman–Crippen LogP) is 4.70. The summed E-state index contributed by atoms with van der Waals surface area (Å²) in [6.07, 6.45) is 6.12. The summed E-state index contributed by atoms with van der Waals surface area (Å²) in [5.74, 6) is 0.00486. The molecule has 36 heavy (non-hydrogen) atoms. The number of aliphatic imine (C=N–C) groups is 2. The molecular weight excluding hydrogens is 699 g/mol. The van der Waals surface area contributed by atoms with Gasteiger partial charge in [0.1, 0.15) is 5.84 Å². The third kappa shape index (κ3) is 9.08. The van der Waals surface area contributed by atoms with Gasteiger partial charge < -0.3 is 28.9 Å². The second kappa shape index (κ2) is 15.5. The van der Waals surface area contributed by atoms with Crippen LogP contribution in [0, 0.1) is 19.3 Å². The second-order valence-electron chi connectivity index (χ2n) is 7.84. The summed E-state index contributed by atoms with van der Waals surface area (Å²) in [5, 5.41) is 9.25. The fraction of sp³-hybridized carbons (Fsp3) is 0.308. The number of hydrogen-bond donors (Lipinski definition) is 2. The molecule has 0 amide bonds. The van der Waals surface area contributed by atoms with Crippen LogP contribution in [0.15, 0.2) is 75.7 Å². The summed E-state index contributed by atoms with van der Waals surface area (Å²) < 4.78 is 25.0. The van der Waals surface area contributed by atoms with Gasteiger partial charge in [-0.25, -0.2) is 9.38 Å². The first kappa shape index (κ1) is 33.7. The summed E-state index contributed by atoms with van der Waals surface area (Å²) in [6.45, 7) is 9.22. The number of hydrogen-bond acceptors (Lipinski definition) is 6. The zero-order chi connectivity index (χ0) is 25.9. The molecule has 10 heteroatoms. The van der Waals surface area contributed by atoms with E-state index in [4.69, 9.17) is 11.5 Å². The maximum absolute atomic E-state index is 12.5. The minimum Gasteiger partial charge on any atom is -0.680 e. The first-order chi connectivity index (χ1) is 16.1. The molecule has 0 aromatic heterocycles. The number of nitrogens with two attached hydrogens (primary N) is 1. The Bertz CT molecular complexity index is 1030. The number of nitrogens with zero attached hydrogens (tertiary/aromatic N) is 3. The monoisotopic (exact) mass is 729 g/mol. The van der Waals surface area contributed by atoms with Crippen molar-refractivity contribution in [2.24, 2.45) is 15.7 Å². The maximum Gasteiger partial charge on any atom is 0.153 e. The van der Waals surface area contributed by atoms with E-state index >= 15 is 0 Å². The van der Waals surface area contributed by atoms with E-state index in [1.807, 2.05) is 24.9 Å². The third-order valence-electron chi connectivity index (χ3n) is 4.60. The van der Waals surface area contributed by atoms with Crippen LogP contribution >= 0.6 is 0 Å². The van der Waals surface area contributed by atoms with Crippen molar-refractivity contribution in [3.8, 4) is 0 Å². The quantitative estimate of drug-likeness (QED) is 0.251. The summed E-state index contributed by atoms with van der Waals surface area (Å²) in [4.78, 5) is 21.7. The van der Waals surface area contributed by atoms with E-state index < -0.39 is 17.5 Å². The predicted molar refractivity (Wildman–Crippen MR) is 139 cm³/mol. The maximum atomic E-state index is 12.5. The first-order valence-corrected chi connectivity index (χ1v) is 10.4. The Morgan fingerprint density at radius 3 is 2.58 bits per heavy atom. The number of carbonyl (C=O) groups excluding carboxylic acids is 1. The number of rotatable bonds is 6. The van der Waals surface area contributed by atoms with Gasteiger partial charge in [0.25, 0.3) is 0 Å². The van der Waals surface area contributed by atoms with E-state index in [1.54, 1.807) is 18.4 Å². The standard InChI is InChI=1S/C16H20N4O2.C8H7F2.CH4N.CH3.Cm/c1-11-7-20-8-12(4-13(9-21)15(20)19-11)14(5-17)6-18-16(2,3)10-22;1-6(9)7-4-2-3-5-8(7)10;1-2;;/h4-6,8-9,22H,1,7,10,17H2,2-3H3;2-4,6H,1H3;2H,1H3;1H3;/q;3*-1;/b14-5+,18-6?;;;;. The molecule has 1 atom stereocenters. The number of fused-ring (bicyclic) bond motifs is 1. The number of aliphatic hydroxyl groups is 1. The van der Waals surface area contributed by atoms with Gasteiger partial charge in [-0.3, -0.25) is 14.2 Å². The average Bonchev–Trinajstić information content (AvgIpc) is 3.21. The molecule has 3 rings (SSSR count). The van der Waals surface area contributed by atoms with Gasteiger partial charge in [0.15, 0.2) is 6.29 Å². The number of carbonyl (C=O) groups is 1. The Labute approximate surface area is 206 Å². The van der Waals surface area contributed by atoms with Gasteiger partial charge in [0.05, 0.1) is 36.1 Å². The molecule has 200 valence electrons. The summed E-state index contributed by atoms with van der Waals surface area (Å²) in [6, 6.07) is 6.67. The van der Waals surface area contributed by atoms with E-state index in [0.29, 0.717) is 29.2 Å². The van der Waals surface area contributed by atoms with Crippen LogP contribution < -0.4 is 5.73 Å². The topological polar surface area (TPSA) is 115 Å². The van der Waals surface area contributed by atoms with Crippen LogP contribution in [0.3, 0.4) is 0 Å². The molecule has 4 N–H and O–H groups in total. The van der Waals surface area contributed by atoms with Crippen molar-refractivity contribution in [1.29, 1.82) is 0 Å². The van der Waals surface area contributed by atoms with Gasteiger partial charge >= 0.3 is 0 Å². The summed E-state index contributed by atoms with van der Waals surface area (Å²) in [5.41, 5.74) is 13.5. The number of aldehydes is 1. The van der Waals surface area contributed by atoms with Crippen LogP contribution in [0.5, 0.6) is 0 Å². The Morgan fingerprint density at radius 2 is 2.11 bits per heavy atom. The van der Waals surface area contributed by atoms with Crippen LogP contribution in [0.2, 0.25) is 0 Å². The molecule has 1 aromatic rings. The number of amidine groups is 1. The average molecular weight is 734 g/mol. The fourth-order valence-corrected chi connectivity index (χ4v) is 2.78. The van der Waals surface area contributed by atoms with E-state index in [0.717, 1.165) is 11.9 Å². The molecule has 7 nitrogen and oxygen atoms in total. The number of benzene rings is 1. The van der Waals surface area contributed by atoms with Crippen molar-refractivity contribution < 1.29 is 18.7 Å². The van der Waals surface area contributed by atoms with Gasteiger partial charge in [-0.2, -0.15) is 25.2 Å². The molecule has 1 unspecified atom stereocenters. The van der Waals surface area contributed by atoms with Crippen LogP contribution in [-0.4, -0.2) is 54.1 Å². The van der Waals surface area contributed by atoms with E-state index in [9.17, 15) is 18.7 Å². The minimum atomic E-state index is -1.25. The van der Waals surface area contributed by atoms with Crippen LogP contribution in [0.1, 0.15) is 32.5 Å². The van der Waals surface area contributed by atoms with Gasteiger partial charge in [-0.05, 0) is 26.8 Å². The van der Waals surface area contributed by atoms with E-state index in [-0.39, 0.29) is 19.6 Å².